The van der Waals surface area contributed by atoms with Gasteiger partial charge in [-0.25, -0.2) is 15.4 Å². The normalized spacial score (nSPS) is 10.0. The Morgan fingerprint density at radius 2 is 2.40 bits per heavy atom. The molecule has 4 N–H and O–H groups in total. The first-order valence-electron chi connectivity index (χ1n) is 4.74. The van der Waals surface area contributed by atoms with Crippen LogP contribution < -0.4 is 11.2 Å². The lowest BCUT2D eigenvalue weighted by Crippen LogP contribution is -2.21. The maximum Gasteiger partial charge on any atom is 0.278 e. The Morgan fingerprint density at radius 1 is 1.67 bits per heavy atom. The molecule has 0 aliphatic carbocycles. The van der Waals surface area contributed by atoms with Gasteiger partial charge in [-0.15, -0.1) is 0 Å². The van der Waals surface area contributed by atoms with Crippen LogP contribution in [0.5, 0.6) is 0 Å². The fourth-order valence-corrected chi connectivity index (χ4v) is 1.22. The monoisotopic (exact) mass is 210 g/mol. The van der Waals surface area contributed by atoms with Gasteiger partial charge in [-0.05, 0) is 12.8 Å². The number of hydroxylamine groups is 1. The van der Waals surface area contributed by atoms with E-state index in [1.807, 2.05) is 6.92 Å². The summed E-state index contributed by atoms with van der Waals surface area (Å²) in [5.41, 5.74) is 7.81. The first-order valence-corrected chi connectivity index (χ1v) is 4.74. The topological polar surface area (TPSA) is 101 Å². The van der Waals surface area contributed by atoms with Gasteiger partial charge >= 0.3 is 0 Å². The quantitative estimate of drug-likeness (QED) is 0.496. The minimum atomic E-state index is -0.610. The average molecular weight is 210 g/mol. The van der Waals surface area contributed by atoms with Gasteiger partial charge < -0.3 is 5.73 Å². The van der Waals surface area contributed by atoms with E-state index in [4.69, 9.17) is 10.9 Å². The third kappa shape index (κ3) is 2.88. The van der Waals surface area contributed by atoms with Gasteiger partial charge in [0.05, 0.1) is 11.3 Å². The van der Waals surface area contributed by atoms with Crippen LogP contribution in [-0.4, -0.2) is 21.1 Å². The Kier molecular flexibility index (Phi) is 3.99. The molecule has 1 heterocycles. The molecule has 0 fully saturated rings. The van der Waals surface area contributed by atoms with Gasteiger partial charge in [0.2, 0.25) is 5.95 Å². The molecular formula is C9H14N4O2. The molecule has 82 valence electrons. The van der Waals surface area contributed by atoms with Crippen molar-refractivity contribution in [3.8, 4) is 0 Å². The minimum Gasteiger partial charge on any atom is -0.368 e. The molecule has 0 unspecified atom stereocenters. The molecule has 1 rings (SSSR count). The van der Waals surface area contributed by atoms with E-state index < -0.39 is 5.91 Å². The van der Waals surface area contributed by atoms with E-state index in [2.05, 4.69) is 9.97 Å². The lowest BCUT2D eigenvalue weighted by Gasteiger charge is -2.06. The van der Waals surface area contributed by atoms with E-state index in [0.717, 1.165) is 12.8 Å². The van der Waals surface area contributed by atoms with Crippen LogP contribution in [0, 0.1) is 0 Å². The van der Waals surface area contributed by atoms with Crippen LogP contribution in [0.3, 0.4) is 0 Å². The zero-order valence-corrected chi connectivity index (χ0v) is 8.53. The summed E-state index contributed by atoms with van der Waals surface area (Å²) in [6, 6.07) is 0. The number of hydrogen-bond acceptors (Lipinski definition) is 5. The van der Waals surface area contributed by atoms with E-state index in [1.54, 1.807) is 5.48 Å². The molecule has 0 bridgehead atoms. The smallest absolute Gasteiger partial charge is 0.278 e. The maximum atomic E-state index is 11.2. The Labute approximate surface area is 87.5 Å². The first-order chi connectivity index (χ1) is 7.19. The van der Waals surface area contributed by atoms with Gasteiger partial charge in [0, 0.05) is 6.20 Å². The van der Waals surface area contributed by atoms with E-state index >= 15 is 0 Å². The molecule has 0 aliphatic rings. The Hall–Kier alpha value is -1.69. The number of nitrogens with one attached hydrogen (secondary N) is 1. The number of unbranched alkanes of at least 4 members (excludes halogenated alkanes) is 1. The summed E-state index contributed by atoms with van der Waals surface area (Å²) >= 11 is 0. The Balaban J connectivity index is 2.97. The second kappa shape index (κ2) is 5.26. The molecule has 0 atom stereocenters. The van der Waals surface area contributed by atoms with Gasteiger partial charge in [-0.2, -0.15) is 0 Å². The molecule has 15 heavy (non-hydrogen) atoms. The highest BCUT2D eigenvalue weighted by atomic mass is 16.5. The predicted octanol–water partition coefficient (Wildman–Crippen LogP) is 0.520. The predicted molar refractivity (Wildman–Crippen MR) is 54.3 cm³/mol. The van der Waals surface area contributed by atoms with Crippen molar-refractivity contribution in [2.24, 2.45) is 0 Å². The molecule has 6 heteroatoms. The number of carbonyl (C=O) groups excluding carboxylic acids is 1. The number of carbonyl (C=O) groups is 1. The largest absolute Gasteiger partial charge is 0.368 e. The van der Waals surface area contributed by atoms with E-state index in [1.165, 1.54) is 6.20 Å². The fraction of sp³-hybridized carbons (Fsp3) is 0.444. The number of amides is 1. The van der Waals surface area contributed by atoms with Crippen LogP contribution in [0.15, 0.2) is 6.20 Å². The maximum absolute atomic E-state index is 11.2. The summed E-state index contributed by atoms with van der Waals surface area (Å²) in [5, 5.41) is 8.52. The Morgan fingerprint density at radius 3 is 3.00 bits per heavy atom. The highest BCUT2D eigenvalue weighted by molar-refractivity contribution is 5.94. The molecule has 1 aromatic rings. The zero-order chi connectivity index (χ0) is 11.3. The molecule has 6 nitrogen and oxygen atoms in total. The number of anilines is 1. The van der Waals surface area contributed by atoms with Crippen LogP contribution in [-0.2, 0) is 6.42 Å². The van der Waals surface area contributed by atoms with Crippen molar-refractivity contribution in [3.05, 3.63) is 17.5 Å². The van der Waals surface area contributed by atoms with E-state index in [9.17, 15) is 4.79 Å². The summed E-state index contributed by atoms with van der Waals surface area (Å²) in [7, 11) is 0. The number of nitrogens with two attached hydrogens (primary N) is 1. The molecular weight excluding hydrogens is 196 g/mol. The summed E-state index contributed by atoms with van der Waals surface area (Å²) in [6.45, 7) is 2.04. The zero-order valence-electron chi connectivity index (χ0n) is 8.53. The van der Waals surface area contributed by atoms with Gasteiger partial charge in [0.1, 0.15) is 0 Å². The lowest BCUT2D eigenvalue weighted by atomic mass is 10.1. The van der Waals surface area contributed by atoms with Crippen LogP contribution in [0.2, 0.25) is 0 Å². The SMILES string of the molecule is CCCCc1nc(N)ncc1C(=O)NO. The second-order valence-electron chi connectivity index (χ2n) is 3.13. The van der Waals surface area contributed by atoms with Crippen molar-refractivity contribution in [1.29, 1.82) is 0 Å². The van der Waals surface area contributed by atoms with Crippen LogP contribution >= 0.6 is 0 Å². The van der Waals surface area contributed by atoms with E-state index in [-0.39, 0.29) is 11.5 Å². The Bertz CT molecular complexity index is 354. The molecule has 0 aromatic carbocycles. The lowest BCUT2D eigenvalue weighted by molar-refractivity contribution is 0.0704. The molecule has 0 aliphatic heterocycles. The molecule has 1 aromatic heterocycles. The van der Waals surface area contributed by atoms with E-state index in [0.29, 0.717) is 12.1 Å². The highest BCUT2D eigenvalue weighted by Crippen LogP contribution is 2.09. The standard InChI is InChI=1S/C9H14N4O2/c1-2-3-4-7-6(8(14)13-15)5-11-9(10)12-7/h5,15H,2-4H2,1H3,(H,13,14)(H2,10,11,12). The summed E-state index contributed by atoms with van der Waals surface area (Å²) in [4.78, 5) is 18.9. The molecule has 0 spiro atoms. The number of nitrogen functional groups attached to an aromatic ring is 1. The third-order valence-electron chi connectivity index (χ3n) is 2.00. The molecule has 0 saturated heterocycles. The van der Waals surface area contributed by atoms with Crippen molar-refractivity contribution < 1.29 is 10.0 Å². The number of aromatic nitrogens is 2. The van der Waals surface area contributed by atoms with Gasteiger partial charge in [0.15, 0.2) is 0 Å². The number of nitrogens with zero attached hydrogens (tertiary/aromatic N) is 2. The van der Waals surface area contributed by atoms with Gasteiger partial charge in [-0.1, -0.05) is 13.3 Å². The van der Waals surface area contributed by atoms with Gasteiger partial charge in [0.25, 0.3) is 5.91 Å². The molecule has 0 saturated carbocycles. The van der Waals surface area contributed by atoms with Crippen molar-refractivity contribution in [1.82, 2.24) is 15.4 Å². The average Bonchev–Trinajstić information content (AvgIpc) is 2.25. The molecule has 0 radical (unpaired) electrons. The summed E-state index contributed by atoms with van der Waals surface area (Å²) < 4.78 is 0. The van der Waals surface area contributed by atoms with Crippen molar-refractivity contribution in [2.75, 3.05) is 5.73 Å². The third-order valence-corrected chi connectivity index (χ3v) is 2.00. The highest BCUT2D eigenvalue weighted by Gasteiger charge is 2.12. The second-order valence-corrected chi connectivity index (χ2v) is 3.13. The van der Waals surface area contributed by atoms with Crippen molar-refractivity contribution >= 4 is 11.9 Å². The van der Waals surface area contributed by atoms with Crippen LogP contribution in [0.1, 0.15) is 35.8 Å². The summed E-state index contributed by atoms with van der Waals surface area (Å²) in [5.74, 6) is -0.475. The number of aryl methyl sites for hydroxylation is 1. The van der Waals surface area contributed by atoms with Crippen molar-refractivity contribution in [3.63, 3.8) is 0 Å². The number of rotatable bonds is 4. The molecule has 1 amide bonds. The number of hydrogen-bond donors (Lipinski definition) is 3. The van der Waals surface area contributed by atoms with Gasteiger partial charge in [-0.3, -0.25) is 10.0 Å². The van der Waals surface area contributed by atoms with Crippen LogP contribution in [0.25, 0.3) is 0 Å². The minimum absolute atomic E-state index is 0.135. The fourth-order valence-electron chi connectivity index (χ4n) is 1.22. The van der Waals surface area contributed by atoms with Crippen molar-refractivity contribution in [2.45, 2.75) is 26.2 Å². The summed E-state index contributed by atoms with van der Waals surface area (Å²) in [6.07, 6.45) is 3.86. The van der Waals surface area contributed by atoms with Crippen LogP contribution in [0.4, 0.5) is 5.95 Å². The first kappa shape index (κ1) is 11.4.